The van der Waals surface area contributed by atoms with E-state index < -0.39 is 6.16 Å². The van der Waals surface area contributed by atoms with Crippen molar-refractivity contribution in [2.24, 2.45) is 0 Å². The molecule has 2 N–H and O–H groups in total. The second-order valence-electron chi connectivity index (χ2n) is 0.283. The average Bonchev–Trinajstić information content (AvgIpc) is 0.811. The van der Waals surface area contributed by atoms with Crippen LogP contribution in [0.3, 0.4) is 0 Å². The summed E-state index contributed by atoms with van der Waals surface area (Å²) in [4.78, 5) is 8.56. The van der Waals surface area contributed by atoms with Crippen molar-refractivity contribution >= 4 is 29.2 Å². The van der Waals surface area contributed by atoms with Crippen molar-refractivity contribution in [3.63, 3.8) is 0 Å². The molecule has 0 aliphatic heterocycles. The number of hydrogen-bond acceptors (Lipinski definition) is 1. The fraction of sp³-hybridized carbons (Fsp3) is 0. The van der Waals surface area contributed by atoms with Gasteiger partial charge >= 0.3 is 58.8 Å². The van der Waals surface area contributed by atoms with E-state index in [9.17, 15) is 0 Å². The minimum Gasteiger partial charge on any atom is -1.00 e. The predicted molar refractivity (Wildman–Crippen MR) is 19.7 cm³/mol. The molecular formula is CH5MgNaO3. The van der Waals surface area contributed by atoms with Crippen LogP contribution in [0.2, 0.25) is 0 Å². The molecule has 0 fully saturated rings. The fourth-order valence-corrected chi connectivity index (χ4v) is 0. The number of carboxylic acid groups (broad SMARTS) is 2. The van der Waals surface area contributed by atoms with Crippen LogP contribution in [0.5, 0.6) is 0 Å². The molecule has 0 heterocycles. The van der Waals surface area contributed by atoms with Gasteiger partial charge in [-0.15, -0.1) is 0 Å². The van der Waals surface area contributed by atoms with E-state index in [0.29, 0.717) is 0 Å². The minimum atomic E-state index is -1.83. The molecule has 3 nitrogen and oxygen atoms in total. The van der Waals surface area contributed by atoms with E-state index in [1.807, 2.05) is 0 Å². The van der Waals surface area contributed by atoms with Crippen LogP contribution in [-0.2, 0) is 0 Å². The van der Waals surface area contributed by atoms with Gasteiger partial charge in [0.1, 0.15) is 0 Å². The van der Waals surface area contributed by atoms with E-state index in [2.05, 4.69) is 0 Å². The molecule has 0 aliphatic carbocycles. The normalized spacial score (nSPS) is 4.00. The standard InChI is InChI=1S/CH2O3.Mg.Na.3H/c2-1(3)4;;;;;/h(H2,2,3,4);;;;;/q;+2;+1;3*-1. The summed E-state index contributed by atoms with van der Waals surface area (Å²) in [6, 6.07) is 0. The summed E-state index contributed by atoms with van der Waals surface area (Å²) in [6.07, 6.45) is -1.83. The number of rotatable bonds is 0. The minimum absolute atomic E-state index is 0. The fourth-order valence-electron chi connectivity index (χ4n) is 0. The van der Waals surface area contributed by atoms with E-state index >= 15 is 0 Å². The first kappa shape index (κ1) is 15.7. The first-order chi connectivity index (χ1) is 1.73. The third-order valence-electron chi connectivity index (χ3n) is 0. The van der Waals surface area contributed by atoms with Crippen molar-refractivity contribution in [3.05, 3.63) is 0 Å². The first-order valence-electron chi connectivity index (χ1n) is 0.651. The van der Waals surface area contributed by atoms with Gasteiger partial charge in [-0.3, -0.25) is 0 Å². The molecule has 0 saturated heterocycles. The second-order valence-corrected chi connectivity index (χ2v) is 0.283. The average molecular weight is 112 g/mol. The Morgan fingerprint density at radius 3 is 1.50 bits per heavy atom. The van der Waals surface area contributed by atoms with Gasteiger partial charge in [0.15, 0.2) is 0 Å². The monoisotopic (exact) mass is 112 g/mol. The van der Waals surface area contributed by atoms with Crippen LogP contribution in [0.15, 0.2) is 0 Å². The van der Waals surface area contributed by atoms with Gasteiger partial charge in [0.25, 0.3) is 0 Å². The van der Waals surface area contributed by atoms with Crippen molar-refractivity contribution in [1.29, 1.82) is 0 Å². The molecule has 0 spiro atoms. The van der Waals surface area contributed by atoms with Gasteiger partial charge in [-0.05, 0) is 0 Å². The SMILES string of the molecule is O=C(O)O.[H-].[H-].[H-].[Mg+2].[Na+]. The summed E-state index contributed by atoms with van der Waals surface area (Å²) in [5.74, 6) is 0. The number of hydrogen-bond donors (Lipinski definition) is 2. The van der Waals surface area contributed by atoms with Crippen molar-refractivity contribution in [1.82, 2.24) is 0 Å². The molecule has 0 rings (SSSR count). The Labute approximate surface area is 77.6 Å². The van der Waals surface area contributed by atoms with Crippen LogP contribution < -0.4 is 29.6 Å². The zero-order valence-corrected chi connectivity index (χ0v) is 6.92. The molecule has 0 aromatic heterocycles. The first-order valence-corrected chi connectivity index (χ1v) is 0.651. The van der Waals surface area contributed by atoms with Gasteiger partial charge in [-0.25, -0.2) is 4.79 Å². The Morgan fingerprint density at radius 2 is 1.50 bits per heavy atom. The molecule has 0 aliphatic rings. The van der Waals surface area contributed by atoms with Gasteiger partial charge < -0.3 is 14.5 Å². The molecule has 0 atom stereocenters. The van der Waals surface area contributed by atoms with Gasteiger partial charge in [0.2, 0.25) is 0 Å². The summed E-state index contributed by atoms with van der Waals surface area (Å²) >= 11 is 0. The largest absolute Gasteiger partial charge is 2.00 e. The summed E-state index contributed by atoms with van der Waals surface area (Å²) in [5, 5.41) is 13.9. The van der Waals surface area contributed by atoms with E-state index in [-0.39, 0.29) is 56.9 Å². The molecule has 0 amide bonds. The Bertz CT molecular complexity index is 42.0. The summed E-state index contributed by atoms with van der Waals surface area (Å²) in [7, 11) is 0. The smallest absolute Gasteiger partial charge is 1.00 e. The van der Waals surface area contributed by atoms with E-state index in [1.54, 1.807) is 0 Å². The Kier molecular flexibility index (Phi) is 24.6. The van der Waals surface area contributed by atoms with Gasteiger partial charge in [-0.1, -0.05) is 0 Å². The molecule has 0 unspecified atom stereocenters. The van der Waals surface area contributed by atoms with Crippen LogP contribution in [0.25, 0.3) is 0 Å². The zero-order valence-electron chi connectivity index (χ0n) is 6.51. The molecule has 0 saturated carbocycles. The maximum absolute atomic E-state index is 8.56. The maximum atomic E-state index is 8.56. The Balaban J connectivity index is -0.00000000450. The van der Waals surface area contributed by atoms with Gasteiger partial charge in [0, 0.05) is 0 Å². The number of carbonyl (C=O) groups is 1. The van der Waals surface area contributed by atoms with E-state index in [0.717, 1.165) is 0 Å². The summed E-state index contributed by atoms with van der Waals surface area (Å²) in [6.45, 7) is 0. The van der Waals surface area contributed by atoms with Crippen LogP contribution in [0, 0.1) is 0 Å². The maximum Gasteiger partial charge on any atom is 2.00 e. The predicted octanol–water partition coefficient (Wildman–Crippen LogP) is -2.82. The second kappa shape index (κ2) is 9.40. The summed E-state index contributed by atoms with van der Waals surface area (Å²) < 4.78 is 0. The van der Waals surface area contributed by atoms with Crippen molar-refractivity contribution in [2.75, 3.05) is 0 Å². The van der Waals surface area contributed by atoms with Crippen LogP contribution in [-0.4, -0.2) is 39.4 Å². The quantitative estimate of drug-likeness (QED) is 0.333. The van der Waals surface area contributed by atoms with Crippen LogP contribution in [0.1, 0.15) is 4.28 Å². The zero-order chi connectivity index (χ0) is 3.58. The molecular weight excluding hydrogens is 107 g/mol. The van der Waals surface area contributed by atoms with E-state index in [1.165, 1.54) is 0 Å². The van der Waals surface area contributed by atoms with E-state index in [4.69, 9.17) is 15.0 Å². The van der Waals surface area contributed by atoms with Gasteiger partial charge in [-0.2, -0.15) is 0 Å². The molecule has 0 aromatic carbocycles. The van der Waals surface area contributed by atoms with Crippen molar-refractivity contribution < 1.29 is 48.8 Å². The van der Waals surface area contributed by atoms with Gasteiger partial charge in [0.05, 0.1) is 0 Å². The van der Waals surface area contributed by atoms with Crippen LogP contribution in [0.4, 0.5) is 4.79 Å². The molecule has 0 bridgehead atoms. The molecule has 6 heavy (non-hydrogen) atoms. The molecule has 5 heteroatoms. The molecule has 0 radical (unpaired) electrons. The summed E-state index contributed by atoms with van der Waals surface area (Å²) in [5.41, 5.74) is 0. The third-order valence-corrected chi connectivity index (χ3v) is 0. The van der Waals surface area contributed by atoms with Crippen LogP contribution >= 0.6 is 0 Å². The Hall–Kier alpha value is 1.04. The third kappa shape index (κ3) is 76.4. The Morgan fingerprint density at radius 1 is 1.50 bits per heavy atom. The topological polar surface area (TPSA) is 57.5 Å². The van der Waals surface area contributed by atoms with Crippen molar-refractivity contribution in [2.45, 2.75) is 0 Å². The molecule has 0 aromatic rings. The molecule has 30 valence electrons. The van der Waals surface area contributed by atoms with Crippen molar-refractivity contribution in [3.8, 4) is 0 Å².